The average molecular weight is 378 g/mol. The van der Waals surface area contributed by atoms with Gasteiger partial charge in [0.1, 0.15) is 18.4 Å². The van der Waals surface area contributed by atoms with E-state index in [4.69, 9.17) is 19.3 Å². The van der Waals surface area contributed by atoms with Crippen molar-refractivity contribution < 1.29 is 14.0 Å². The molecule has 1 aromatic heterocycles. The third-order valence-electron chi connectivity index (χ3n) is 4.36. The van der Waals surface area contributed by atoms with Gasteiger partial charge in [-0.2, -0.15) is 5.26 Å². The minimum atomic E-state index is -0.295. The lowest BCUT2D eigenvalue weighted by Gasteiger charge is -2.33. The van der Waals surface area contributed by atoms with Gasteiger partial charge in [0.15, 0.2) is 5.01 Å². The van der Waals surface area contributed by atoms with Gasteiger partial charge in [-0.3, -0.25) is 0 Å². The first-order valence-electron chi connectivity index (χ1n) is 8.78. The van der Waals surface area contributed by atoms with Gasteiger partial charge in [-0.15, -0.1) is 11.3 Å². The SMILES string of the molecule is CC1(C)COB(c2ccc(COc3ccc4nc(C#N)sc4c3)cc2)OC1. The first-order valence-corrected chi connectivity index (χ1v) is 9.60. The van der Waals surface area contributed by atoms with Gasteiger partial charge >= 0.3 is 7.12 Å². The fourth-order valence-electron chi connectivity index (χ4n) is 2.87. The van der Waals surface area contributed by atoms with Crippen molar-refractivity contribution in [3.05, 3.63) is 53.0 Å². The average Bonchev–Trinajstić information content (AvgIpc) is 3.09. The van der Waals surface area contributed by atoms with Crippen LogP contribution in [0.3, 0.4) is 0 Å². The quantitative estimate of drug-likeness (QED) is 0.650. The number of aromatic nitrogens is 1. The number of rotatable bonds is 4. The van der Waals surface area contributed by atoms with E-state index in [1.165, 1.54) is 11.3 Å². The second kappa shape index (κ2) is 7.32. The second-order valence-electron chi connectivity index (χ2n) is 7.41. The molecule has 136 valence electrons. The van der Waals surface area contributed by atoms with Crippen LogP contribution in [0.4, 0.5) is 0 Å². The molecule has 1 aliphatic rings. The number of hydrogen-bond donors (Lipinski definition) is 0. The number of ether oxygens (including phenoxy) is 1. The molecule has 7 heteroatoms. The molecule has 4 rings (SSSR count). The van der Waals surface area contributed by atoms with E-state index >= 15 is 0 Å². The van der Waals surface area contributed by atoms with Crippen molar-refractivity contribution in [2.75, 3.05) is 13.2 Å². The first-order chi connectivity index (χ1) is 13.0. The minimum absolute atomic E-state index is 0.0669. The van der Waals surface area contributed by atoms with Crippen LogP contribution >= 0.6 is 11.3 Å². The smallest absolute Gasteiger partial charge is 0.489 e. The third-order valence-corrected chi connectivity index (χ3v) is 5.29. The molecule has 0 bridgehead atoms. The normalized spacial score (nSPS) is 16.3. The van der Waals surface area contributed by atoms with E-state index in [2.05, 4.69) is 24.9 Å². The molecular formula is C20H19BN2O3S. The van der Waals surface area contributed by atoms with Crippen molar-refractivity contribution >= 4 is 34.1 Å². The highest BCUT2D eigenvalue weighted by atomic mass is 32.1. The van der Waals surface area contributed by atoms with Crippen molar-refractivity contribution in [2.24, 2.45) is 5.41 Å². The van der Waals surface area contributed by atoms with Crippen LogP contribution in [0.5, 0.6) is 5.75 Å². The van der Waals surface area contributed by atoms with Gasteiger partial charge in [0.25, 0.3) is 0 Å². The number of thiazole rings is 1. The minimum Gasteiger partial charge on any atom is -0.489 e. The Kier molecular flexibility index (Phi) is 4.87. The standard InChI is InChI=1S/C20H19BN2O3S/c1-20(2)12-25-21(26-13-20)15-5-3-14(4-6-15)11-24-16-7-8-17-18(9-16)27-19(10-22)23-17/h3-9H,11-13H2,1-2H3. The molecule has 0 amide bonds. The van der Waals surface area contributed by atoms with Gasteiger partial charge in [-0.05, 0) is 29.2 Å². The van der Waals surface area contributed by atoms with Gasteiger partial charge in [-0.25, -0.2) is 4.98 Å². The Bertz CT molecular complexity index is 985. The Labute approximate surface area is 162 Å². The highest BCUT2D eigenvalue weighted by molar-refractivity contribution is 7.19. The summed E-state index contributed by atoms with van der Waals surface area (Å²) in [7, 11) is -0.295. The van der Waals surface area contributed by atoms with E-state index in [1.54, 1.807) is 0 Å². The van der Waals surface area contributed by atoms with E-state index in [-0.39, 0.29) is 12.5 Å². The lowest BCUT2D eigenvalue weighted by atomic mass is 9.76. The number of nitriles is 1. The summed E-state index contributed by atoms with van der Waals surface area (Å²) < 4.78 is 18.5. The van der Waals surface area contributed by atoms with E-state index in [1.807, 2.05) is 42.5 Å². The highest BCUT2D eigenvalue weighted by Gasteiger charge is 2.33. The molecule has 5 nitrogen and oxygen atoms in total. The summed E-state index contributed by atoms with van der Waals surface area (Å²) in [5.74, 6) is 0.765. The van der Waals surface area contributed by atoms with Gasteiger partial charge in [0.05, 0.1) is 10.2 Å². The Balaban J connectivity index is 1.38. The molecule has 0 radical (unpaired) electrons. The monoisotopic (exact) mass is 378 g/mol. The Morgan fingerprint density at radius 3 is 2.63 bits per heavy atom. The van der Waals surface area contributed by atoms with Crippen LogP contribution in [-0.2, 0) is 15.9 Å². The fourth-order valence-corrected chi connectivity index (χ4v) is 3.66. The summed E-state index contributed by atoms with van der Waals surface area (Å²) in [4.78, 5) is 4.23. The molecule has 1 fully saturated rings. The topological polar surface area (TPSA) is 64.4 Å². The van der Waals surface area contributed by atoms with Crippen molar-refractivity contribution in [1.29, 1.82) is 5.26 Å². The maximum atomic E-state index is 8.95. The van der Waals surface area contributed by atoms with Crippen molar-refractivity contribution in [2.45, 2.75) is 20.5 Å². The van der Waals surface area contributed by atoms with Crippen molar-refractivity contribution in [3.63, 3.8) is 0 Å². The van der Waals surface area contributed by atoms with E-state index < -0.39 is 0 Å². The van der Waals surface area contributed by atoms with E-state index in [0.717, 1.165) is 27.0 Å². The van der Waals surface area contributed by atoms with Crippen LogP contribution in [0, 0.1) is 16.7 Å². The largest absolute Gasteiger partial charge is 0.493 e. The molecule has 0 atom stereocenters. The Morgan fingerprint density at radius 1 is 1.19 bits per heavy atom. The zero-order chi connectivity index (χ0) is 18.9. The van der Waals surface area contributed by atoms with Crippen LogP contribution < -0.4 is 10.2 Å². The van der Waals surface area contributed by atoms with E-state index in [0.29, 0.717) is 24.8 Å². The molecule has 1 aliphatic heterocycles. The lowest BCUT2D eigenvalue weighted by Crippen LogP contribution is -2.47. The van der Waals surface area contributed by atoms with Crippen LogP contribution in [0.25, 0.3) is 10.2 Å². The van der Waals surface area contributed by atoms with Crippen molar-refractivity contribution in [1.82, 2.24) is 4.98 Å². The van der Waals surface area contributed by atoms with Crippen LogP contribution in [0.2, 0.25) is 0 Å². The van der Waals surface area contributed by atoms with Crippen LogP contribution in [0.15, 0.2) is 42.5 Å². The van der Waals surface area contributed by atoms with Crippen molar-refractivity contribution in [3.8, 4) is 11.8 Å². The number of benzene rings is 2. The van der Waals surface area contributed by atoms with E-state index in [9.17, 15) is 0 Å². The molecule has 0 spiro atoms. The summed E-state index contributed by atoms with van der Waals surface area (Å²) in [6, 6.07) is 15.9. The summed E-state index contributed by atoms with van der Waals surface area (Å²) in [5.41, 5.74) is 2.97. The number of hydrogen-bond acceptors (Lipinski definition) is 6. The zero-order valence-corrected chi connectivity index (χ0v) is 16.1. The molecule has 0 unspecified atom stereocenters. The van der Waals surface area contributed by atoms with Gasteiger partial charge in [-0.1, -0.05) is 38.1 Å². The fraction of sp³-hybridized carbons (Fsp3) is 0.300. The highest BCUT2D eigenvalue weighted by Crippen LogP contribution is 2.26. The zero-order valence-electron chi connectivity index (χ0n) is 15.3. The molecule has 3 aromatic rings. The predicted octanol–water partition coefficient (Wildman–Crippen LogP) is 3.52. The molecular weight excluding hydrogens is 359 g/mol. The van der Waals surface area contributed by atoms with Crippen LogP contribution in [-0.4, -0.2) is 25.3 Å². The Hall–Kier alpha value is -2.40. The summed E-state index contributed by atoms with van der Waals surface area (Å²) in [6.45, 7) is 6.12. The molecule has 0 aliphatic carbocycles. The van der Waals surface area contributed by atoms with Gasteiger partial charge < -0.3 is 14.0 Å². The second-order valence-corrected chi connectivity index (χ2v) is 8.44. The molecule has 27 heavy (non-hydrogen) atoms. The maximum Gasteiger partial charge on any atom is 0.493 e. The molecule has 1 saturated heterocycles. The third kappa shape index (κ3) is 4.14. The molecule has 0 saturated carbocycles. The maximum absolute atomic E-state index is 8.95. The Morgan fingerprint density at radius 2 is 1.93 bits per heavy atom. The van der Waals surface area contributed by atoms with Gasteiger partial charge in [0, 0.05) is 18.6 Å². The lowest BCUT2D eigenvalue weighted by molar-refractivity contribution is 0.0343. The predicted molar refractivity (Wildman–Crippen MR) is 106 cm³/mol. The number of fused-ring (bicyclic) bond motifs is 1. The summed E-state index contributed by atoms with van der Waals surface area (Å²) in [5, 5.41) is 9.42. The summed E-state index contributed by atoms with van der Waals surface area (Å²) in [6.07, 6.45) is 0. The molecule has 2 aromatic carbocycles. The molecule has 0 N–H and O–H groups in total. The van der Waals surface area contributed by atoms with Crippen LogP contribution in [0.1, 0.15) is 24.4 Å². The van der Waals surface area contributed by atoms with Gasteiger partial charge in [0.2, 0.25) is 0 Å². The molecule has 2 heterocycles. The summed E-state index contributed by atoms with van der Waals surface area (Å²) >= 11 is 1.37. The first kappa shape index (κ1) is 18.0. The number of nitrogens with zero attached hydrogens (tertiary/aromatic N) is 2.